The number of halogens is 6. The summed E-state index contributed by atoms with van der Waals surface area (Å²) in [5, 5.41) is 16.8. The predicted octanol–water partition coefficient (Wildman–Crippen LogP) is 11.0. The van der Waals surface area contributed by atoms with Crippen molar-refractivity contribution >= 4 is 78.9 Å². The summed E-state index contributed by atoms with van der Waals surface area (Å²) in [5.74, 6) is -0.700. The molecule has 0 saturated carbocycles. The first-order valence-electron chi connectivity index (χ1n) is 30.9. The van der Waals surface area contributed by atoms with E-state index in [9.17, 15) is 45.5 Å². The van der Waals surface area contributed by atoms with Gasteiger partial charge in [0.05, 0.1) is 77.9 Å². The Kier molecular flexibility index (Phi) is 26.6. The van der Waals surface area contributed by atoms with Crippen LogP contribution < -0.4 is 41.0 Å². The quantitative estimate of drug-likeness (QED) is 0.0264. The molecule has 0 saturated heterocycles. The van der Waals surface area contributed by atoms with E-state index in [4.69, 9.17) is 35.4 Å². The number of hydrogen-bond acceptors (Lipinski definition) is 20. The minimum atomic E-state index is -4.63. The Hall–Kier alpha value is -11.8. The molecule has 0 bridgehead atoms. The van der Waals surface area contributed by atoms with Gasteiger partial charge in [-0.3, -0.25) is 9.59 Å². The van der Waals surface area contributed by atoms with Gasteiger partial charge in [-0.15, -0.1) is 0 Å². The molecule has 10 rings (SSSR count). The van der Waals surface area contributed by atoms with Crippen molar-refractivity contribution in [3.8, 4) is 33.9 Å². The molecule has 4 amide bonds. The van der Waals surface area contributed by atoms with E-state index in [0.29, 0.717) is 46.7 Å². The van der Waals surface area contributed by atoms with Gasteiger partial charge in [-0.2, -0.15) is 35.5 Å². The van der Waals surface area contributed by atoms with Crippen molar-refractivity contribution in [2.45, 2.75) is 93.3 Å². The summed E-state index contributed by atoms with van der Waals surface area (Å²) in [6.07, 6.45) is 7.12. The van der Waals surface area contributed by atoms with Gasteiger partial charge in [0.15, 0.2) is 24.8 Å². The molecule has 0 spiro atoms. The topological polar surface area (TPSA) is 368 Å². The minimum absolute atomic E-state index is 0.00166. The van der Waals surface area contributed by atoms with Crippen LogP contribution in [-0.4, -0.2) is 114 Å². The Labute approximate surface area is 593 Å². The normalized spacial score (nSPS) is 11.3. The third-order valence-corrected chi connectivity index (χ3v) is 13.6. The van der Waals surface area contributed by atoms with Gasteiger partial charge in [0, 0.05) is 107 Å². The predicted molar refractivity (Wildman–Crippen MR) is 368 cm³/mol. The van der Waals surface area contributed by atoms with E-state index in [2.05, 4.69) is 61.8 Å². The first kappa shape index (κ1) is 79.6. The van der Waals surface area contributed by atoms with Crippen molar-refractivity contribution in [3.05, 3.63) is 216 Å². The Morgan fingerprint density at radius 3 is 1.22 bits per heavy atom. The second-order valence-corrected chi connectivity index (χ2v) is 26.3. The molecule has 0 aliphatic carbocycles. The Morgan fingerprint density at radius 2 is 0.894 bits per heavy atom. The largest absolute Gasteiger partial charge is 0.748 e. The van der Waals surface area contributed by atoms with Crippen molar-refractivity contribution in [1.29, 1.82) is 0 Å². The Morgan fingerprint density at radius 1 is 0.529 bits per heavy atom. The third kappa shape index (κ3) is 26.0. The van der Waals surface area contributed by atoms with Gasteiger partial charge >= 0.3 is 24.5 Å². The number of alkyl carbamates (subject to hydrolysis) is 2. The second kappa shape index (κ2) is 34.7. The van der Waals surface area contributed by atoms with Crippen molar-refractivity contribution in [2.24, 2.45) is 0 Å². The molecule has 0 fully saturated rings. The maximum Gasteiger partial charge on any atom is 0.416 e. The summed E-state index contributed by atoms with van der Waals surface area (Å²) in [5.41, 5.74) is 5.47. The summed E-state index contributed by atoms with van der Waals surface area (Å²) in [4.78, 5) is 76.2. The van der Waals surface area contributed by atoms with Crippen LogP contribution in [-0.2, 0) is 55.5 Å². The molecule has 6 N–H and O–H groups in total. The number of ether oxygens (including phenoxy) is 2. The molecule has 0 aliphatic rings. The smallest absolute Gasteiger partial charge is 0.416 e. The zero-order chi connectivity index (χ0) is 76.4. The lowest BCUT2D eigenvalue weighted by Crippen LogP contribution is -2.39. The van der Waals surface area contributed by atoms with Crippen LogP contribution in [0.5, 0.6) is 0 Å². The number of rotatable bonds is 18. The number of imidazole rings is 2. The monoisotopic (exact) mass is 1480 g/mol. The van der Waals surface area contributed by atoms with Crippen LogP contribution in [0.15, 0.2) is 171 Å². The van der Waals surface area contributed by atoms with Gasteiger partial charge in [-0.1, -0.05) is 12.1 Å². The number of carbonyl (C=O) groups excluding carboxylic acids is 4. The number of benzene rings is 4. The molecule has 104 heavy (non-hydrogen) atoms. The van der Waals surface area contributed by atoms with E-state index in [1.807, 2.05) is 53.7 Å². The first-order chi connectivity index (χ1) is 48.7. The lowest BCUT2D eigenvalue weighted by Gasteiger charge is -2.14. The molecule has 4 aromatic carbocycles. The number of aryl methyl sites for hydroxylation is 4. The number of nitrogens with one attached hydrogen (secondary N) is 6. The number of anilines is 6. The van der Waals surface area contributed by atoms with E-state index in [1.165, 1.54) is 33.9 Å². The molecule has 6 heterocycles. The van der Waals surface area contributed by atoms with E-state index in [1.54, 1.807) is 133 Å². The average Bonchev–Trinajstić information content (AvgIpc) is 1.33. The summed E-state index contributed by atoms with van der Waals surface area (Å²) in [7, 11) is -7.83. The molecule has 0 atom stereocenters. The molecule has 0 aliphatic heterocycles. The van der Waals surface area contributed by atoms with Crippen LogP contribution in [0.1, 0.15) is 82.1 Å². The van der Waals surface area contributed by atoms with Crippen molar-refractivity contribution < 1.29 is 90.1 Å². The van der Waals surface area contributed by atoms with Crippen LogP contribution in [0.3, 0.4) is 0 Å². The van der Waals surface area contributed by atoms with Crippen LogP contribution >= 0.6 is 0 Å². The fourth-order valence-corrected chi connectivity index (χ4v) is 9.05. The summed E-state index contributed by atoms with van der Waals surface area (Å²) in [6, 6.07) is 27.0. The second-order valence-electron chi connectivity index (χ2n) is 23.5. The van der Waals surface area contributed by atoms with Crippen molar-refractivity contribution in [2.75, 3.05) is 33.8 Å². The van der Waals surface area contributed by atoms with Gasteiger partial charge < -0.3 is 59.6 Å². The summed E-state index contributed by atoms with van der Waals surface area (Å²) in [6.45, 7) is 14.5. The number of aromatic nitrogens is 10. The van der Waals surface area contributed by atoms with E-state index in [0.717, 1.165) is 46.5 Å². The molecular weight excluding hydrogens is 1410 g/mol. The van der Waals surface area contributed by atoms with E-state index in [-0.39, 0.29) is 71.3 Å². The zero-order valence-electron chi connectivity index (χ0n) is 57.2. The fraction of sp³-hybridized carbons (Fsp3) is 0.235. The highest BCUT2D eigenvalue weighted by molar-refractivity contribution is 7.85. The third-order valence-electron chi connectivity index (χ3n) is 13.6. The molecule has 548 valence electrons. The average molecular weight is 1480 g/mol. The molecule has 10 aromatic rings. The highest BCUT2D eigenvalue weighted by atomic mass is 32.2. The highest BCUT2D eigenvalue weighted by Crippen LogP contribution is 2.36. The van der Waals surface area contributed by atoms with Gasteiger partial charge in [-0.25, -0.2) is 56.3 Å². The highest BCUT2D eigenvalue weighted by Gasteiger charge is 2.33. The maximum absolute atomic E-state index is 13.7. The van der Waals surface area contributed by atoms with E-state index >= 15 is 0 Å². The Bertz CT molecular complexity index is 4640. The standard InChI is InChI=1S/2C33H31F3N8O3.2CH4O3S/c2*1-20(2)39-32(46)47-19-43-11-5-6-24(17-43)28-9-10-37-31(41-28)42-29-12-23(8-7-21(29)3)30(45)40-26-13-25(33(34,35)36)14-27(15-26)44-16-22(4)38-18-44;2*1-5(2,3)4/h2*5-18,20H,19H2,1-4H3,(H2-,37,39,40,41,42,45,46);2*1H3,(H,2,3,4). The van der Waals surface area contributed by atoms with Gasteiger partial charge in [0.1, 0.15) is 0 Å². The lowest BCUT2D eigenvalue weighted by molar-refractivity contribution is -0.727. The van der Waals surface area contributed by atoms with Crippen LogP contribution in [0.25, 0.3) is 33.9 Å². The minimum Gasteiger partial charge on any atom is -0.748 e. The summed E-state index contributed by atoms with van der Waals surface area (Å²) >= 11 is 0. The van der Waals surface area contributed by atoms with Crippen LogP contribution in [0, 0.1) is 27.7 Å². The number of amides is 4. The summed E-state index contributed by atoms with van der Waals surface area (Å²) < 4.78 is 154. The van der Waals surface area contributed by atoms with Crippen molar-refractivity contribution in [3.63, 3.8) is 0 Å². The lowest BCUT2D eigenvalue weighted by atomic mass is 10.1. The van der Waals surface area contributed by atoms with Gasteiger partial charge in [0.2, 0.25) is 11.9 Å². The fourth-order valence-electron chi connectivity index (χ4n) is 9.05. The molecule has 28 nitrogen and oxygen atoms in total. The van der Waals surface area contributed by atoms with Crippen molar-refractivity contribution in [1.82, 2.24) is 49.7 Å². The first-order valence-corrected chi connectivity index (χ1v) is 34.5. The Balaban J connectivity index is 0.000000257. The van der Waals surface area contributed by atoms with Crippen LogP contribution in [0.4, 0.5) is 70.6 Å². The molecule has 0 radical (unpaired) electrons. The molecule has 6 aromatic heterocycles. The molecule has 36 heteroatoms. The SMILES string of the molecule is CS(=O)(=O)[O-].CS(=O)(=O)[O-].Cc1cn(-c2cc(NC(=O)c3ccc(C)c(Nc4nccc(-c5ccc[n+](COC(=O)NC(C)C)c5)n4)c3)cc(C(F)(F)F)c2)cn1.Cc1cn(-c2cc(NC(=O)c3ccc(C)c(Nc4nccc(-c5ccc[n+](COC(=O)NC(C)C)c5)n4)c3)cc(C(F)(F)F)c2)cn1. The molecular formula is C68H70F6N16O12S2. The van der Waals surface area contributed by atoms with Gasteiger partial charge in [-0.05, 0) is 151 Å². The maximum atomic E-state index is 13.7. The number of pyridine rings is 2. The number of nitrogens with zero attached hydrogens (tertiary/aromatic N) is 10. The zero-order valence-corrected chi connectivity index (χ0v) is 58.8. The number of hydrogen-bond donors (Lipinski definition) is 6. The number of alkyl halides is 6. The molecule has 0 unspecified atom stereocenters. The van der Waals surface area contributed by atoms with Gasteiger partial charge in [0.25, 0.3) is 25.3 Å². The van der Waals surface area contributed by atoms with Crippen LogP contribution in [0.2, 0.25) is 0 Å². The number of carbonyl (C=O) groups is 4. The van der Waals surface area contributed by atoms with E-state index < -0.39 is 67.7 Å².